The predicted octanol–water partition coefficient (Wildman–Crippen LogP) is 4.29. The summed E-state index contributed by atoms with van der Waals surface area (Å²) in [7, 11) is 0. The van der Waals surface area contributed by atoms with Crippen LogP contribution < -0.4 is 21.3 Å². The van der Waals surface area contributed by atoms with Gasteiger partial charge in [0.25, 0.3) is 0 Å². The lowest BCUT2D eigenvalue weighted by atomic mass is 10.1. The minimum absolute atomic E-state index is 0.138. The van der Waals surface area contributed by atoms with E-state index in [1.807, 2.05) is 36.4 Å². The minimum Gasteiger partial charge on any atom is -0.338 e. The molecule has 0 saturated carbocycles. The molecular weight excluding hydrogens is 416 g/mol. The molecule has 0 aliphatic heterocycles. The molecule has 2 rings (SSSR count). The lowest BCUT2D eigenvalue weighted by Crippen LogP contribution is -2.35. The molecule has 0 spiro atoms. The zero-order chi connectivity index (χ0) is 23.4. The van der Waals surface area contributed by atoms with E-state index in [2.05, 4.69) is 31.2 Å². The van der Waals surface area contributed by atoms with Crippen LogP contribution in [0.3, 0.4) is 0 Å². The molecule has 0 radical (unpaired) electrons. The Balaban J connectivity index is 1.29. The maximum Gasteiger partial charge on any atom is 0.315 e. The van der Waals surface area contributed by atoms with E-state index in [0.29, 0.717) is 26.2 Å². The standard InChI is InChI=1S/C25H38N6O2/c32-24(30-20-22-14-8-12-16-26-22)28-18-10-6-4-2-1-3-5-7-11-19-29-25(33)31-21-23-15-9-13-17-27-23/h8-9,12-17H,1-7,10-11,18-21H2,(H2,28,30,32)(H2,29,31,33). The summed E-state index contributed by atoms with van der Waals surface area (Å²) in [6.45, 7) is 2.30. The van der Waals surface area contributed by atoms with Gasteiger partial charge >= 0.3 is 12.1 Å². The Labute approximate surface area is 197 Å². The van der Waals surface area contributed by atoms with Crippen molar-refractivity contribution in [1.29, 1.82) is 0 Å². The van der Waals surface area contributed by atoms with Crippen LogP contribution in [0, 0.1) is 0 Å². The van der Waals surface area contributed by atoms with Gasteiger partial charge in [0.15, 0.2) is 0 Å². The molecule has 2 aromatic heterocycles. The Morgan fingerprint density at radius 2 is 0.939 bits per heavy atom. The third-order valence-electron chi connectivity index (χ3n) is 5.24. The largest absolute Gasteiger partial charge is 0.338 e. The second-order valence-corrected chi connectivity index (χ2v) is 8.04. The van der Waals surface area contributed by atoms with Crippen LogP contribution in [0.15, 0.2) is 48.8 Å². The Bertz CT molecular complexity index is 707. The number of pyridine rings is 2. The highest BCUT2D eigenvalue weighted by molar-refractivity contribution is 5.74. The lowest BCUT2D eigenvalue weighted by Gasteiger charge is -2.08. The van der Waals surface area contributed by atoms with E-state index < -0.39 is 0 Å². The van der Waals surface area contributed by atoms with Crippen LogP contribution in [0.5, 0.6) is 0 Å². The molecule has 0 aliphatic rings. The topological polar surface area (TPSA) is 108 Å². The van der Waals surface area contributed by atoms with Gasteiger partial charge in [0.05, 0.1) is 24.5 Å². The second kappa shape index (κ2) is 17.4. The van der Waals surface area contributed by atoms with Crippen molar-refractivity contribution < 1.29 is 9.59 Å². The van der Waals surface area contributed by atoms with Crippen molar-refractivity contribution in [1.82, 2.24) is 31.2 Å². The normalized spacial score (nSPS) is 10.4. The molecule has 0 atom stereocenters. The molecule has 4 N–H and O–H groups in total. The van der Waals surface area contributed by atoms with E-state index in [4.69, 9.17) is 0 Å². The molecule has 0 fully saturated rings. The molecule has 8 nitrogen and oxygen atoms in total. The first-order valence-corrected chi connectivity index (χ1v) is 12.1. The van der Waals surface area contributed by atoms with Crippen molar-refractivity contribution >= 4 is 12.1 Å². The van der Waals surface area contributed by atoms with Crippen LogP contribution >= 0.6 is 0 Å². The number of aromatic nitrogens is 2. The maximum atomic E-state index is 11.7. The first-order valence-electron chi connectivity index (χ1n) is 12.1. The molecule has 2 aromatic rings. The van der Waals surface area contributed by atoms with Crippen molar-refractivity contribution in [3.8, 4) is 0 Å². The first-order chi connectivity index (χ1) is 16.2. The highest BCUT2D eigenvalue weighted by atomic mass is 16.2. The van der Waals surface area contributed by atoms with Gasteiger partial charge < -0.3 is 21.3 Å². The van der Waals surface area contributed by atoms with Crippen LogP contribution in [0.4, 0.5) is 9.59 Å². The lowest BCUT2D eigenvalue weighted by molar-refractivity contribution is 0.239. The average molecular weight is 455 g/mol. The number of nitrogens with one attached hydrogen (secondary N) is 4. The number of hydrogen-bond donors (Lipinski definition) is 4. The summed E-state index contributed by atoms with van der Waals surface area (Å²) in [4.78, 5) is 31.8. The second-order valence-electron chi connectivity index (χ2n) is 8.04. The summed E-state index contributed by atoms with van der Waals surface area (Å²) < 4.78 is 0. The van der Waals surface area contributed by atoms with Crippen molar-refractivity contribution in [3.63, 3.8) is 0 Å². The molecule has 0 aliphatic carbocycles. The highest BCUT2D eigenvalue weighted by Crippen LogP contribution is 2.09. The minimum atomic E-state index is -0.138. The fourth-order valence-corrected chi connectivity index (χ4v) is 3.36. The maximum absolute atomic E-state index is 11.7. The van der Waals surface area contributed by atoms with Gasteiger partial charge in [-0.05, 0) is 37.1 Å². The smallest absolute Gasteiger partial charge is 0.315 e. The molecular formula is C25H38N6O2. The zero-order valence-electron chi connectivity index (χ0n) is 19.5. The van der Waals surface area contributed by atoms with Crippen molar-refractivity contribution in [3.05, 3.63) is 60.2 Å². The number of unbranched alkanes of at least 4 members (excludes halogenated alkanes) is 8. The van der Waals surface area contributed by atoms with Crippen molar-refractivity contribution in [2.75, 3.05) is 13.1 Å². The summed E-state index contributed by atoms with van der Waals surface area (Å²) in [6.07, 6.45) is 13.9. The van der Waals surface area contributed by atoms with E-state index in [0.717, 1.165) is 37.1 Å². The molecule has 33 heavy (non-hydrogen) atoms. The summed E-state index contributed by atoms with van der Waals surface area (Å²) in [5, 5.41) is 11.4. The van der Waals surface area contributed by atoms with Gasteiger partial charge in [-0.2, -0.15) is 0 Å². The highest BCUT2D eigenvalue weighted by Gasteiger charge is 2.01. The Morgan fingerprint density at radius 1 is 0.545 bits per heavy atom. The Morgan fingerprint density at radius 3 is 1.30 bits per heavy atom. The first kappa shape index (κ1) is 26.1. The van der Waals surface area contributed by atoms with E-state index in [1.54, 1.807) is 12.4 Å². The van der Waals surface area contributed by atoms with Gasteiger partial charge in [-0.3, -0.25) is 9.97 Å². The number of nitrogens with zero attached hydrogens (tertiary/aromatic N) is 2. The molecule has 2 heterocycles. The van der Waals surface area contributed by atoms with Crippen molar-refractivity contribution in [2.45, 2.75) is 70.9 Å². The van der Waals surface area contributed by atoms with Crippen LogP contribution in [0.25, 0.3) is 0 Å². The number of hydrogen-bond acceptors (Lipinski definition) is 4. The van der Waals surface area contributed by atoms with Gasteiger partial charge in [-0.1, -0.05) is 57.1 Å². The molecule has 0 unspecified atom stereocenters. The number of amides is 4. The molecule has 180 valence electrons. The third-order valence-corrected chi connectivity index (χ3v) is 5.24. The SMILES string of the molecule is O=C(NCCCCCCCCCCCNC(=O)NCc1ccccn1)NCc1ccccn1. The van der Waals surface area contributed by atoms with Crippen LogP contribution in [-0.2, 0) is 13.1 Å². The Hall–Kier alpha value is -3.16. The number of urea groups is 2. The van der Waals surface area contributed by atoms with E-state index in [-0.39, 0.29) is 12.1 Å². The van der Waals surface area contributed by atoms with Gasteiger partial charge in [0.2, 0.25) is 0 Å². The van der Waals surface area contributed by atoms with Gasteiger partial charge in [0.1, 0.15) is 0 Å². The molecule has 0 saturated heterocycles. The summed E-state index contributed by atoms with van der Waals surface area (Å²) in [5.74, 6) is 0. The van der Waals surface area contributed by atoms with E-state index in [1.165, 1.54) is 32.1 Å². The predicted molar refractivity (Wildman–Crippen MR) is 131 cm³/mol. The molecule has 4 amide bonds. The fraction of sp³-hybridized carbons (Fsp3) is 0.520. The van der Waals surface area contributed by atoms with Crippen LogP contribution in [0.1, 0.15) is 69.2 Å². The number of carbonyl (C=O) groups excluding carboxylic acids is 2. The van der Waals surface area contributed by atoms with Gasteiger partial charge in [0, 0.05) is 25.5 Å². The quantitative estimate of drug-likeness (QED) is 0.284. The summed E-state index contributed by atoms with van der Waals surface area (Å²) >= 11 is 0. The van der Waals surface area contributed by atoms with E-state index >= 15 is 0 Å². The summed E-state index contributed by atoms with van der Waals surface area (Å²) in [6, 6.07) is 11.0. The number of rotatable bonds is 16. The molecule has 0 bridgehead atoms. The van der Waals surface area contributed by atoms with Crippen LogP contribution in [-0.4, -0.2) is 35.1 Å². The Kier molecular flexibility index (Phi) is 13.8. The van der Waals surface area contributed by atoms with Gasteiger partial charge in [-0.15, -0.1) is 0 Å². The molecule has 0 aromatic carbocycles. The van der Waals surface area contributed by atoms with Crippen molar-refractivity contribution in [2.24, 2.45) is 0 Å². The average Bonchev–Trinajstić information content (AvgIpc) is 2.85. The molecule has 8 heteroatoms. The summed E-state index contributed by atoms with van der Waals surface area (Å²) in [5.41, 5.74) is 1.71. The van der Waals surface area contributed by atoms with Crippen LogP contribution in [0.2, 0.25) is 0 Å². The van der Waals surface area contributed by atoms with E-state index in [9.17, 15) is 9.59 Å². The third kappa shape index (κ3) is 13.8. The van der Waals surface area contributed by atoms with Gasteiger partial charge in [-0.25, -0.2) is 9.59 Å². The number of carbonyl (C=O) groups is 2. The monoisotopic (exact) mass is 454 g/mol. The zero-order valence-corrected chi connectivity index (χ0v) is 19.5. The fourth-order valence-electron chi connectivity index (χ4n) is 3.36.